The van der Waals surface area contributed by atoms with Crippen LogP contribution in [0.25, 0.3) is 0 Å². The molecule has 0 unspecified atom stereocenters. The van der Waals surface area contributed by atoms with Gasteiger partial charge in [-0.15, -0.1) is 12.4 Å². The molecule has 0 bridgehead atoms. The summed E-state index contributed by atoms with van der Waals surface area (Å²) >= 11 is 11.7. The van der Waals surface area contributed by atoms with Gasteiger partial charge in [-0.25, -0.2) is 0 Å². The second-order valence-electron chi connectivity index (χ2n) is 5.16. The molecule has 0 fully saturated rings. The minimum absolute atomic E-state index is 0. The number of halogens is 3. The lowest BCUT2D eigenvalue weighted by Gasteiger charge is -2.29. The van der Waals surface area contributed by atoms with Crippen LogP contribution in [0.15, 0.2) is 18.2 Å². The van der Waals surface area contributed by atoms with Crippen molar-refractivity contribution in [2.75, 3.05) is 20.1 Å². The number of nitrogens with zero attached hydrogens (tertiary/aromatic N) is 1. The van der Waals surface area contributed by atoms with Gasteiger partial charge >= 0.3 is 0 Å². The maximum Gasteiger partial charge on any atom is 0.253 e. The van der Waals surface area contributed by atoms with E-state index < -0.39 is 0 Å². The van der Waals surface area contributed by atoms with Gasteiger partial charge in [0.2, 0.25) is 0 Å². The summed E-state index contributed by atoms with van der Waals surface area (Å²) < 4.78 is 0. The zero-order valence-electron chi connectivity index (χ0n) is 11.2. The Bertz CT molecular complexity index is 450. The number of rotatable bonds is 4. The van der Waals surface area contributed by atoms with Gasteiger partial charge in [0.1, 0.15) is 0 Å². The third-order valence-corrected chi connectivity index (χ3v) is 3.47. The fourth-order valence-corrected chi connectivity index (χ4v) is 1.93. The first-order valence-electron chi connectivity index (χ1n) is 5.67. The standard InChI is InChI=1S/C13H18Cl2N2O.ClH/c1-13(2,7-16)8-17(3)12(18)9-4-5-10(14)11(15)6-9;/h4-6H,7-8,16H2,1-3H3;1H. The van der Waals surface area contributed by atoms with Crippen molar-refractivity contribution in [3.05, 3.63) is 33.8 Å². The van der Waals surface area contributed by atoms with E-state index in [9.17, 15) is 4.79 Å². The molecule has 0 radical (unpaired) electrons. The molecule has 1 aromatic rings. The molecule has 0 saturated heterocycles. The zero-order chi connectivity index (χ0) is 13.9. The quantitative estimate of drug-likeness (QED) is 0.921. The van der Waals surface area contributed by atoms with E-state index in [2.05, 4.69) is 0 Å². The van der Waals surface area contributed by atoms with E-state index in [1.807, 2.05) is 13.8 Å². The molecule has 0 aliphatic heterocycles. The number of benzene rings is 1. The summed E-state index contributed by atoms with van der Waals surface area (Å²) in [6, 6.07) is 4.87. The minimum Gasteiger partial charge on any atom is -0.341 e. The van der Waals surface area contributed by atoms with E-state index in [0.717, 1.165) is 0 Å². The van der Waals surface area contributed by atoms with Crippen LogP contribution in [-0.2, 0) is 0 Å². The van der Waals surface area contributed by atoms with Crippen molar-refractivity contribution in [3.8, 4) is 0 Å². The molecule has 19 heavy (non-hydrogen) atoms. The van der Waals surface area contributed by atoms with Crippen LogP contribution < -0.4 is 5.73 Å². The summed E-state index contributed by atoms with van der Waals surface area (Å²) in [5.41, 5.74) is 6.08. The van der Waals surface area contributed by atoms with E-state index in [4.69, 9.17) is 28.9 Å². The molecule has 6 heteroatoms. The Morgan fingerprint density at radius 3 is 2.37 bits per heavy atom. The van der Waals surface area contributed by atoms with Crippen LogP contribution >= 0.6 is 35.6 Å². The molecule has 108 valence electrons. The molecule has 3 nitrogen and oxygen atoms in total. The number of carbonyl (C=O) groups is 1. The monoisotopic (exact) mass is 324 g/mol. The summed E-state index contributed by atoms with van der Waals surface area (Å²) in [6.07, 6.45) is 0. The summed E-state index contributed by atoms with van der Waals surface area (Å²) in [5.74, 6) is -0.0879. The third kappa shape index (κ3) is 5.19. The van der Waals surface area contributed by atoms with Crippen molar-refractivity contribution in [2.24, 2.45) is 11.1 Å². The van der Waals surface area contributed by atoms with Crippen LogP contribution in [0, 0.1) is 5.41 Å². The summed E-state index contributed by atoms with van der Waals surface area (Å²) in [6.45, 7) is 5.14. The smallest absolute Gasteiger partial charge is 0.253 e. The molecule has 0 aliphatic rings. The van der Waals surface area contributed by atoms with Crippen molar-refractivity contribution in [3.63, 3.8) is 0 Å². The highest BCUT2D eigenvalue weighted by Crippen LogP contribution is 2.23. The first kappa shape index (κ1) is 18.5. The number of hydrogen-bond acceptors (Lipinski definition) is 2. The third-order valence-electron chi connectivity index (χ3n) is 2.73. The molecule has 0 aliphatic carbocycles. The number of amides is 1. The van der Waals surface area contributed by atoms with Crippen LogP contribution in [0.3, 0.4) is 0 Å². The maximum absolute atomic E-state index is 12.2. The van der Waals surface area contributed by atoms with Gasteiger partial charge < -0.3 is 10.6 Å². The van der Waals surface area contributed by atoms with Crippen LogP contribution in [-0.4, -0.2) is 30.9 Å². The second-order valence-corrected chi connectivity index (χ2v) is 5.97. The highest BCUT2D eigenvalue weighted by atomic mass is 35.5. The SMILES string of the molecule is CN(CC(C)(C)CN)C(=O)c1ccc(Cl)c(Cl)c1.Cl. The molecule has 1 rings (SSSR count). The highest BCUT2D eigenvalue weighted by molar-refractivity contribution is 6.42. The van der Waals surface area contributed by atoms with Gasteiger partial charge in [0.15, 0.2) is 0 Å². The number of hydrogen-bond donors (Lipinski definition) is 1. The number of carbonyl (C=O) groups excluding carboxylic acids is 1. The van der Waals surface area contributed by atoms with Crippen molar-refractivity contribution >= 4 is 41.5 Å². The first-order chi connectivity index (χ1) is 8.26. The molecular weight excluding hydrogens is 307 g/mol. The van der Waals surface area contributed by atoms with Crippen LogP contribution in [0.5, 0.6) is 0 Å². The molecule has 1 amide bonds. The fraction of sp³-hybridized carbons (Fsp3) is 0.462. The molecule has 0 heterocycles. The van der Waals surface area contributed by atoms with Crippen molar-refractivity contribution in [1.29, 1.82) is 0 Å². The van der Waals surface area contributed by atoms with Gasteiger partial charge in [-0.3, -0.25) is 4.79 Å². The fourth-order valence-electron chi connectivity index (χ4n) is 1.63. The largest absolute Gasteiger partial charge is 0.341 e. The van der Waals surface area contributed by atoms with E-state index >= 15 is 0 Å². The summed E-state index contributed by atoms with van der Waals surface area (Å²) in [4.78, 5) is 13.8. The minimum atomic E-state index is -0.110. The molecule has 0 atom stereocenters. The molecular formula is C13H19Cl3N2O. The van der Waals surface area contributed by atoms with E-state index in [1.165, 1.54) is 0 Å². The maximum atomic E-state index is 12.2. The van der Waals surface area contributed by atoms with Gasteiger partial charge in [-0.2, -0.15) is 0 Å². The van der Waals surface area contributed by atoms with Gasteiger partial charge in [0.25, 0.3) is 5.91 Å². The Balaban J connectivity index is 0.00000324. The zero-order valence-corrected chi connectivity index (χ0v) is 13.6. The molecule has 0 saturated carbocycles. The Morgan fingerprint density at radius 2 is 1.89 bits per heavy atom. The van der Waals surface area contributed by atoms with Crippen molar-refractivity contribution in [2.45, 2.75) is 13.8 Å². The Labute approximate surface area is 130 Å². The van der Waals surface area contributed by atoms with Gasteiger partial charge in [0.05, 0.1) is 10.0 Å². The van der Waals surface area contributed by atoms with Crippen LogP contribution in [0.2, 0.25) is 10.0 Å². The molecule has 0 aromatic heterocycles. The molecule has 0 spiro atoms. The van der Waals surface area contributed by atoms with Crippen LogP contribution in [0.4, 0.5) is 0 Å². The van der Waals surface area contributed by atoms with Gasteiger partial charge in [-0.1, -0.05) is 37.0 Å². The lowest BCUT2D eigenvalue weighted by atomic mass is 9.93. The topological polar surface area (TPSA) is 46.3 Å². The highest BCUT2D eigenvalue weighted by Gasteiger charge is 2.22. The Hall–Kier alpha value is -0.480. The van der Waals surface area contributed by atoms with E-state index in [0.29, 0.717) is 28.7 Å². The van der Waals surface area contributed by atoms with E-state index in [-0.39, 0.29) is 23.7 Å². The predicted octanol–water partition coefficient (Wildman–Crippen LogP) is 3.47. The lowest BCUT2D eigenvalue weighted by Crippen LogP contribution is -2.39. The Kier molecular flexibility index (Phi) is 7.16. The van der Waals surface area contributed by atoms with Crippen molar-refractivity contribution in [1.82, 2.24) is 4.90 Å². The average molecular weight is 326 g/mol. The normalized spacial score (nSPS) is 10.8. The summed E-state index contributed by atoms with van der Waals surface area (Å²) in [5, 5.41) is 0.826. The van der Waals surface area contributed by atoms with Crippen LogP contribution in [0.1, 0.15) is 24.2 Å². The number of nitrogens with two attached hydrogens (primary N) is 1. The first-order valence-corrected chi connectivity index (χ1v) is 6.43. The lowest BCUT2D eigenvalue weighted by molar-refractivity contribution is 0.0740. The summed E-state index contributed by atoms with van der Waals surface area (Å²) in [7, 11) is 1.75. The second kappa shape index (κ2) is 7.34. The average Bonchev–Trinajstić information content (AvgIpc) is 2.31. The molecule has 1 aromatic carbocycles. The Morgan fingerprint density at radius 1 is 1.32 bits per heavy atom. The predicted molar refractivity (Wildman–Crippen MR) is 83.5 cm³/mol. The van der Waals surface area contributed by atoms with E-state index in [1.54, 1.807) is 30.1 Å². The van der Waals surface area contributed by atoms with Gasteiger partial charge in [0, 0.05) is 19.2 Å². The van der Waals surface area contributed by atoms with Gasteiger partial charge in [-0.05, 0) is 30.2 Å². The van der Waals surface area contributed by atoms with Crippen molar-refractivity contribution < 1.29 is 4.79 Å². The molecule has 2 N–H and O–H groups in total.